The number of carbonyl (C=O) groups is 1. The SMILES string of the molecule is COc1ccc(CCN2C(=O)c3oc4c(C)cc(C)cc4c(=O)c3[C@H]2c2ccc(OC)cc2)cc1. The minimum absolute atomic E-state index is 0.130. The Balaban J connectivity index is 1.62. The van der Waals surface area contributed by atoms with Crippen molar-refractivity contribution in [1.29, 1.82) is 0 Å². The summed E-state index contributed by atoms with van der Waals surface area (Å²) >= 11 is 0. The van der Waals surface area contributed by atoms with Gasteiger partial charge in [0.05, 0.1) is 31.2 Å². The van der Waals surface area contributed by atoms with Crippen molar-refractivity contribution in [3.8, 4) is 11.5 Å². The predicted molar refractivity (Wildman–Crippen MR) is 135 cm³/mol. The summed E-state index contributed by atoms with van der Waals surface area (Å²) in [5, 5.41) is 0.504. The van der Waals surface area contributed by atoms with Gasteiger partial charge in [-0.25, -0.2) is 0 Å². The minimum atomic E-state index is -0.539. The molecule has 3 aromatic carbocycles. The molecule has 6 heteroatoms. The van der Waals surface area contributed by atoms with Gasteiger partial charge in [0.25, 0.3) is 5.91 Å². The first-order valence-electron chi connectivity index (χ1n) is 11.6. The van der Waals surface area contributed by atoms with Crippen LogP contribution in [0.5, 0.6) is 11.5 Å². The highest BCUT2D eigenvalue weighted by atomic mass is 16.5. The van der Waals surface area contributed by atoms with Crippen molar-refractivity contribution in [1.82, 2.24) is 4.90 Å². The second-order valence-electron chi connectivity index (χ2n) is 8.90. The van der Waals surface area contributed by atoms with Crippen LogP contribution >= 0.6 is 0 Å². The molecule has 35 heavy (non-hydrogen) atoms. The van der Waals surface area contributed by atoms with Crippen molar-refractivity contribution in [3.05, 3.63) is 104 Å². The van der Waals surface area contributed by atoms with E-state index in [1.807, 2.05) is 74.5 Å². The fraction of sp³-hybridized carbons (Fsp3) is 0.241. The average Bonchev–Trinajstić information content (AvgIpc) is 3.15. The second kappa shape index (κ2) is 8.95. The lowest BCUT2D eigenvalue weighted by molar-refractivity contribution is 0.0730. The van der Waals surface area contributed by atoms with Gasteiger partial charge < -0.3 is 18.8 Å². The van der Waals surface area contributed by atoms with Gasteiger partial charge in [0, 0.05) is 6.54 Å². The largest absolute Gasteiger partial charge is 0.497 e. The summed E-state index contributed by atoms with van der Waals surface area (Å²) in [5.74, 6) is 1.35. The van der Waals surface area contributed by atoms with E-state index in [1.54, 1.807) is 19.1 Å². The standard InChI is InChI=1S/C29H27NO5/c1-17-15-18(2)27-23(16-17)26(31)24-25(20-7-11-22(34-4)12-8-20)30(29(32)28(24)35-27)14-13-19-5-9-21(33-3)10-6-19/h5-12,15-16,25H,13-14H2,1-4H3/t25-/m1/s1. The van der Waals surface area contributed by atoms with Crippen LogP contribution in [0.1, 0.15) is 44.4 Å². The first-order valence-corrected chi connectivity index (χ1v) is 11.6. The van der Waals surface area contributed by atoms with Gasteiger partial charge in [0.15, 0.2) is 5.43 Å². The Morgan fingerprint density at radius 3 is 2.14 bits per heavy atom. The summed E-state index contributed by atoms with van der Waals surface area (Å²) in [6.07, 6.45) is 0.627. The van der Waals surface area contributed by atoms with Crippen LogP contribution in [0.4, 0.5) is 0 Å². The molecule has 1 aliphatic rings. The molecule has 6 nitrogen and oxygen atoms in total. The van der Waals surface area contributed by atoms with Crippen LogP contribution in [0.3, 0.4) is 0 Å². The van der Waals surface area contributed by atoms with Gasteiger partial charge >= 0.3 is 0 Å². The van der Waals surface area contributed by atoms with Gasteiger partial charge in [-0.1, -0.05) is 30.3 Å². The maximum Gasteiger partial charge on any atom is 0.290 e. The van der Waals surface area contributed by atoms with E-state index in [4.69, 9.17) is 13.9 Å². The summed E-state index contributed by atoms with van der Waals surface area (Å²) in [5.41, 5.74) is 4.43. The third kappa shape index (κ3) is 3.95. The van der Waals surface area contributed by atoms with E-state index < -0.39 is 6.04 Å². The fourth-order valence-corrected chi connectivity index (χ4v) is 4.88. The first-order chi connectivity index (χ1) is 16.9. The molecule has 2 heterocycles. The number of hydrogen-bond donors (Lipinski definition) is 0. The summed E-state index contributed by atoms with van der Waals surface area (Å²) in [6.45, 7) is 4.28. The Morgan fingerprint density at radius 1 is 0.886 bits per heavy atom. The van der Waals surface area contributed by atoms with Crippen LogP contribution in [0.15, 0.2) is 69.9 Å². The highest BCUT2D eigenvalue weighted by Gasteiger charge is 2.42. The highest BCUT2D eigenvalue weighted by Crippen LogP contribution is 2.39. The molecule has 1 atom stereocenters. The van der Waals surface area contributed by atoms with E-state index in [-0.39, 0.29) is 17.1 Å². The lowest BCUT2D eigenvalue weighted by atomic mass is 9.97. The van der Waals surface area contributed by atoms with Crippen molar-refractivity contribution >= 4 is 16.9 Å². The molecule has 0 aliphatic carbocycles. The highest BCUT2D eigenvalue weighted by molar-refractivity contribution is 5.99. The third-order valence-corrected chi connectivity index (χ3v) is 6.63. The molecule has 0 saturated heterocycles. The van der Waals surface area contributed by atoms with E-state index in [2.05, 4.69) is 0 Å². The molecule has 1 amide bonds. The van der Waals surface area contributed by atoms with Crippen molar-refractivity contribution < 1.29 is 18.7 Å². The van der Waals surface area contributed by atoms with Gasteiger partial charge in [-0.05, 0) is 72.9 Å². The number of benzene rings is 3. The van der Waals surface area contributed by atoms with E-state index in [0.29, 0.717) is 35.2 Å². The number of ether oxygens (including phenoxy) is 2. The normalized spacial score (nSPS) is 14.9. The molecule has 0 radical (unpaired) electrons. The smallest absolute Gasteiger partial charge is 0.290 e. The molecule has 4 aromatic rings. The number of rotatable bonds is 6. The van der Waals surface area contributed by atoms with Crippen LogP contribution in [0.2, 0.25) is 0 Å². The minimum Gasteiger partial charge on any atom is -0.497 e. The Bertz CT molecular complexity index is 1470. The Labute approximate surface area is 203 Å². The van der Waals surface area contributed by atoms with Gasteiger partial charge in [-0.3, -0.25) is 9.59 Å². The number of hydrogen-bond acceptors (Lipinski definition) is 5. The van der Waals surface area contributed by atoms with Gasteiger partial charge in [-0.15, -0.1) is 0 Å². The molecular weight excluding hydrogens is 442 g/mol. The molecular formula is C29H27NO5. The lowest BCUT2D eigenvalue weighted by Gasteiger charge is -2.25. The molecule has 0 N–H and O–H groups in total. The van der Waals surface area contributed by atoms with E-state index >= 15 is 0 Å². The number of aryl methyl sites for hydroxylation is 2. The predicted octanol–water partition coefficient (Wildman–Crippen LogP) is 5.21. The molecule has 0 saturated carbocycles. The Kier molecular flexibility index (Phi) is 5.81. The van der Waals surface area contributed by atoms with E-state index in [0.717, 1.165) is 28.0 Å². The zero-order chi connectivity index (χ0) is 24.7. The number of methoxy groups -OCH3 is 2. The lowest BCUT2D eigenvalue weighted by Crippen LogP contribution is -2.31. The monoisotopic (exact) mass is 469 g/mol. The first kappa shape index (κ1) is 22.7. The van der Waals surface area contributed by atoms with E-state index in [9.17, 15) is 9.59 Å². The molecule has 0 spiro atoms. The zero-order valence-electron chi connectivity index (χ0n) is 20.3. The maximum absolute atomic E-state index is 13.8. The number of amides is 1. The van der Waals surface area contributed by atoms with Gasteiger partial charge in [0.1, 0.15) is 17.1 Å². The number of fused-ring (bicyclic) bond motifs is 2. The topological polar surface area (TPSA) is 69.0 Å². The quantitative estimate of drug-likeness (QED) is 0.388. The summed E-state index contributed by atoms with van der Waals surface area (Å²) < 4.78 is 16.7. The molecule has 0 fully saturated rings. The summed E-state index contributed by atoms with van der Waals surface area (Å²) in [7, 11) is 3.24. The van der Waals surface area contributed by atoms with Crippen molar-refractivity contribution in [2.24, 2.45) is 0 Å². The maximum atomic E-state index is 13.8. The molecule has 1 aliphatic heterocycles. The van der Waals surface area contributed by atoms with E-state index in [1.165, 1.54) is 0 Å². The number of carbonyl (C=O) groups excluding carboxylic acids is 1. The van der Waals surface area contributed by atoms with Crippen molar-refractivity contribution in [3.63, 3.8) is 0 Å². The van der Waals surface area contributed by atoms with Crippen LogP contribution in [0, 0.1) is 13.8 Å². The zero-order valence-corrected chi connectivity index (χ0v) is 20.3. The molecule has 178 valence electrons. The summed E-state index contributed by atoms with van der Waals surface area (Å²) in [6, 6.07) is 18.5. The molecule has 1 aromatic heterocycles. The fourth-order valence-electron chi connectivity index (χ4n) is 4.88. The van der Waals surface area contributed by atoms with Crippen molar-refractivity contribution in [2.45, 2.75) is 26.3 Å². The average molecular weight is 470 g/mol. The van der Waals surface area contributed by atoms with Crippen molar-refractivity contribution in [2.75, 3.05) is 20.8 Å². The van der Waals surface area contributed by atoms with Crippen LogP contribution in [-0.2, 0) is 6.42 Å². The summed E-state index contributed by atoms with van der Waals surface area (Å²) in [4.78, 5) is 29.2. The Hall–Kier alpha value is -4.06. The van der Waals surface area contributed by atoms with Gasteiger partial charge in [-0.2, -0.15) is 0 Å². The molecule has 0 unspecified atom stereocenters. The Morgan fingerprint density at radius 2 is 1.51 bits per heavy atom. The van der Waals surface area contributed by atoms with Crippen LogP contribution < -0.4 is 14.9 Å². The molecule has 0 bridgehead atoms. The second-order valence-corrected chi connectivity index (χ2v) is 8.90. The third-order valence-electron chi connectivity index (χ3n) is 6.63. The van der Waals surface area contributed by atoms with Crippen LogP contribution in [0.25, 0.3) is 11.0 Å². The van der Waals surface area contributed by atoms with Gasteiger partial charge in [0.2, 0.25) is 5.76 Å². The van der Waals surface area contributed by atoms with Crippen LogP contribution in [-0.4, -0.2) is 31.6 Å². The molecule has 5 rings (SSSR count). The number of nitrogens with zero attached hydrogens (tertiary/aromatic N) is 1.